The third-order valence-electron chi connectivity index (χ3n) is 2.00. The Morgan fingerprint density at radius 1 is 1.50 bits per heavy atom. The molecule has 0 amide bonds. The van der Waals surface area contributed by atoms with Crippen LogP contribution in [0.25, 0.3) is 0 Å². The van der Waals surface area contributed by atoms with Gasteiger partial charge in [0.25, 0.3) is 0 Å². The number of carbonyl (C=O) groups excluding carboxylic acids is 1. The van der Waals surface area contributed by atoms with Crippen LogP contribution in [0.2, 0.25) is 0 Å². The molecule has 0 bridgehead atoms. The van der Waals surface area contributed by atoms with Crippen molar-refractivity contribution in [1.29, 1.82) is 0 Å². The Balaban J connectivity index is 2.66. The fourth-order valence-electron chi connectivity index (χ4n) is 1.09. The summed E-state index contributed by atoms with van der Waals surface area (Å²) in [5.41, 5.74) is 5.55. The molecular formula is C9H13N3O4. The summed E-state index contributed by atoms with van der Waals surface area (Å²) in [5, 5.41) is 19.2. The molecule has 7 nitrogen and oxygen atoms in total. The molecule has 4 N–H and O–H groups in total. The number of nitrogen functional groups attached to an aromatic ring is 1. The van der Waals surface area contributed by atoms with Gasteiger partial charge in [0.15, 0.2) is 0 Å². The van der Waals surface area contributed by atoms with Crippen LogP contribution in [0.4, 0.5) is 5.95 Å². The highest BCUT2D eigenvalue weighted by Crippen LogP contribution is 2.17. The molecule has 2 atom stereocenters. The van der Waals surface area contributed by atoms with E-state index in [1.807, 2.05) is 0 Å². The van der Waals surface area contributed by atoms with Gasteiger partial charge in [0, 0.05) is 18.0 Å². The highest BCUT2D eigenvalue weighted by molar-refractivity contribution is 5.69. The van der Waals surface area contributed by atoms with Gasteiger partial charge in [-0.25, -0.2) is 9.97 Å². The number of nitrogens with two attached hydrogens (primary N) is 1. The van der Waals surface area contributed by atoms with Gasteiger partial charge in [-0.05, 0) is 0 Å². The van der Waals surface area contributed by atoms with Crippen LogP contribution in [-0.2, 0) is 9.53 Å². The van der Waals surface area contributed by atoms with E-state index in [0.717, 1.165) is 0 Å². The summed E-state index contributed by atoms with van der Waals surface area (Å²) in [5.74, 6) is -0.540. The molecule has 0 aromatic carbocycles. The molecule has 0 spiro atoms. The van der Waals surface area contributed by atoms with E-state index in [4.69, 9.17) is 5.73 Å². The van der Waals surface area contributed by atoms with E-state index in [1.54, 1.807) is 0 Å². The minimum absolute atomic E-state index is 0.0680. The number of esters is 1. The summed E-state index contributed by atoms with van der Waals surface area (Å²) in [4.78, 5) is 18.2. The number of aliphatic hydroxyl groups is 2. The molecule has 0 fully saturated rings. The van der Waals surface area contributed by atoms with Crippen molar-refractivity contribution >= 4 is 11.9 Å². The molecule has 2 unspecified atom stereocenters. The predicted octanol–water partition coefficient (Wildman–Crippen LogP) is -0.984. The standard InChI is InChI=1S/C9H13N3O4/c1-16-7(14)2-6(13)8(15)5-3-11-9(10)12-4-5/h3-4,6,8,13,15H,2H2,1H3,(H2,10,11,12). The lowest BCUT2D eigenvalue weighted by Crippen LogP contribution is -2.22. The van der Waals surface area contributed by atoms with E-state index in [0.29, 0.717) is 0 Å². The predicted molar refractivity (Wildman–Crippen MR) is 54.0 cm³/mol. The molecule has 1 heterocycles. The third-order valence-corrected chi connectivity index (χ3v) is 2.00. The lowest BCUT2D eigenvalue weighted by atomic mass is 10.1. The molecule has 0 aliphatic heterocycles. The zero-order valence-electron chi connectivity index (χ0n) is 8.70. The number of carbonyl (C=O) groups is 1. The summed E-state index contributed by atoms with van der Waals surface area (Å²) in [6.07, 6.45) is -0.248. The number of aromatic nitrogens is 2. The molecular weight excluding hydrogens is 214 g/mol. The zero-order chi connectivity index (χ0) is 12.1. The quantitative estimate of drug-likeness (QED) is 0.565. The number of ether oxygens (including phenoxy) is 1. The van der Waals surface area contributed by atoms with Gasteiger partial charge in [-0.1, -0.05) is 0 Å². The van der Waals surface area contributed by atoms with Crippen LogP contribution in [0, 0.1) is 0 Å². The fraction of sp³-hybridized carbons (Fsp3) is 0.444. The first-order valence-corrected chi connectivity index (χ1v) is 4.55. The molecule has 16 heavy (non-hydrogen) atoms. The zero-order valence-corrected chi connectivity index (χ0v) is 8.70. The van der Waals surface area contributed by atoms with Gasteiger partial charge in [-0.2, -0.15) is 0 Å². The fourth-order valence-corrected chi connectivity index (χ4v) is 1.09. The number of anilines is 1. The van der Waals surface area contributed by atoms with Crippen LogP contribution in [0.3, 0.4) is 0 Å². The van der Waals surface area contributed by atoms with Crippen molar-refractivity contribution in [1.82, 2.24) is 9.97 Å². The second-order valence-electron chi connectivity index (χ2n) is 3.17. The van der Waals surface area contributed by atoms with Gasteiger partial charge in [-0.15, -0.1) is 0 Å². The van der Waals surface area contributed by atoms with Crippen LogP contribution >= 0.6 is 0 Å². The Labute approximate surface area is 91.9 Å². The Morgan fingerprint density at radius 2 is 2.06 bits per heavy atom. The maximum Gasteiger partial charge on any atom is 0.308 e. The van der Waals surface area contributed by atoms with Gasteiger partial charge in [-0.3, -0.25) is 4.79 Å². The second-order valence-corrected chi connectivity index (χ2v) is 3.17. The first kappa shape index (κ1) is 12.3. The molecule has 7 heteroatoms. The third kappa shape index (κ3) is 3.14. The molecule has 0 aliphatic rings. The van der Waals surface area contributed by atoms with Crippen LogP contribution in [0.15, 0.2) is 12.4 Å². The van der Waals surface area contributed by atoms with Crippen LogP contribution in [-0.4, -0.2) is 39.4 Å². The molecule has 0 radical (unpaired) electrons. The van der Waals surface area contributed by atoms with E-state index >= 15 is 0 Å². The normalized spacial score (nSPS) is 14.2. The van der Waals surface area contributed by atoms with Gasteiger partial charge >= 0.3 is 5.97 Å². The largest absolute Gasteiger partial charge is 0.469 e. The number of methoxy groups -OCH3 is 1. The topological polar surface area (TPSA) is 119 Å². The average molecular weight is 227 g/mol. The number of hydrogen-bond acceptors (Lipinski definition) is 7. The first-order chi connectivity index (χ1) is 7.54. The molecule has 0 aliphatic carbocycles. The smallest absolute Gasteiger partial charge is 0.308 e. The van der Waals surface area contributed by atoms with E-state index in [1.165, 1.54) is 19.5 Å². The lowest BCUT2D eigenvalue weighted by molar-refractivity contribution is -0.144. The van der Waals surface area contributed by atoms with Crippen molar-refractivity contribution in [2.45, 2.75) is 18.6 Å². The number of rotatable bonds is 4. The van der Waals surface area contributed by atoms with Crippen molar-refractivity contribution in [2.75, 3.05) is 12.8 Å². The Morgan fingerprint density at radius 3 is 2.56 bits per heavy atom. The summed E-state index contributed by atoms with van der Waals surface area (Å²) in [6, 6.07) is 0. The SMILES string of the molecule is COC(=O)CC(O)C(O)c1cnc(N)nc1. The molecule has 1 aromatic heterocycles. The molecule has 1 rings (SSSR count). The number of aliphatic hydroxyl groups excluding tert-OH is 2. The lowest BCUT2D eigenvalue weighted by Gasteiger charge is -2.16. The molecule has 1 aromatic rings. The summed E-state index contributed by atoms with van der Waals surface area (Å²) in [6.45, 7) is 0. The molecule has 0 saturated heterocycles. The Kier molecular flexibility index (Phi) is 4.15. The van der Waals surface area contributed by atoms with Crippen LogP contribution < -0.4 is 5.73 Å². The van der Waals surface area contributed by atoms with Crippen molar-refractivity contribution < 1.29 is 19.7 Å². The monoisotopic (exact) mass is 227 g/mol. The van der Waals surface area contributed by atoms with Gasteiger partial charge in [0.1, 0.15) is 6.10 Å². The highest BCUT2D eigenvalue weighted by Gasteiger charge is 2.22. The summed E-state index contributed by atoms with van der Waals surface area (Å²) in [7, 11) is 1.20. The highest BCUT2D eigenvalue weighted by atomic mass is 16.5. The second kappa shape index (κ2) is 5.38. The van der Waals surface area contributed by atoms with Crippen LogP contribution in [0.1, 0.15) is 18.1 Å². The number of nitrogens with zero attached hydrogens (tertiary/aromatic N) is 2. The van der Waals surface area contributed by atoms with Crippen molar-refractivity contribution in [3.63, 3.8) is 0 Å². The minimum atomic E-state index is -1.26. The van der Waals surface area contributed by atoms with Crippen molar-refractivity contribution in [3.05, 3.63) is 18.0 Å². The van der Waals surface area contributed by atoms with Crippen molar-refractivity contribution in [2.24, 2.45) is 0 Å². The number of hydrogen-bond donors (Lipinski definition) is 3. The van der Waals surface area contributed by atoms with E-state index in [2.05, 4.69) is 14.7 Å². The van der Waals surface area contributed by atoms with Crippen molar-refractivity contribution in [3.8, 4) is 0 Å². The van der Waals surface area contributed by atoms with E-state index in [9.17, 15) is 15.0 Å². The van der Waals surface area contributed by atoms with Gasteiger partial charge in [0.05, 0.1) is 19.6 Å². The minimum Gasteiger partial charge on any atom is -0.469 e. The maximum absolute atomic E-state index is 10.9. The summed E-state index contributed by atoms with van der Waals surface area (Å²) >= 11 is 0. The van der Waals surface area contributed by atoms with E-state index < -0.39 is 18.2 Å². The Hall–Kier alpha value is -1.73. The van der Waals surface area contributed by atoms with Gasteiger partial charge in [0.2, 0.25) is 5.95 Å². The summed E-state index contributed by atoms with van der Waals surface area (Å²) < 4.78 is 4.36. The molecule has 0 saturated carbocycles. The van der Waals surface area contributed by atoms with Crippen LogP contribution in [0.5, 0.6) is 0 Å². The maximum atomic E-state index is 10.9. The Bertz CT molecular complexity index is 354. The average Bonchev–Trinajstić information content (AvgIpc) is 2.28. The van der Waals surface area contributed by atoms with Gasteiger partial charge < -0.3 is 20.7 Å². The van der Waals surface area contributed by atoms with E-state index in [-0.39, 0.29) is 17.9 Å². The first-order valence-electron chi connectivity index (χ1n) is 4.55. The molecule has 88 valence electrons.